The lowest BCUT2D eigenvalue weighted by molar-refractivity contribution is -0.124. The molecule has 4 aliphatic carbocycles. The van der Waals surface area contributed by atoms with Crippen molar-refractivity contribution in [2.75, 3.05) is 6.54 Å². The Labute approximate surface area is 187 Å². The zero-order valence-electron chi connectivity index (χ0n) is 17.1. The number of rotatable bonds is 5. The lowest BCUT2D eigenvalue weighted by atomic mass is 9.80. The van der Waals surface area contributed by atoms with E-state index in [1.807, 2.05) is 11.0 Å². The van der Waals surface area contributed by atoms with E-state index in [2.05, 4.69) is 10.6 Å². The van der Waals surface area contributed by atoms with Gasteiger partial charge in [-0.1, -0.05) is 29.3 Å². The summed E-state index contributed by atoms with van der Waals surface area (Å²) >= 11 is 12.1. The Bertz CT molecular complexity index is 847. The number of nitrogens with one attached hydrogen (secondary N) is 2. The van der Waals surface area contributed by atoms with E-state index in [9.17, 15) is 9.59 Å². The summed E-state index contributed by atoms with van der Waals surface area (Å²) in [6, 6.07) is 5.11. The minimum atomic E-state index is -0.129. The highest BCUT2D eigenvalue weighted by atomic mass is 35.5. The second-order valence-electron chi connectivity index (χ2n) is 9.84. The number of halogens is 2. The van der Waals surface area contributed by atoms with E-state index in [0.29, 0.717) is 35.5 Å². The van der Waals surface area contributed by atoms with Crippen LogP contribution in [0.1, 0.15) is 56.9 Å². The number of benzene rings is 1. The summed E-state index contributed by atoms with van der Waals surface area (Å²) in [5.41, 5.74) is 0.885. The third-order valence-corrected chi connectivity index (χ3v) is 8.47. The fraction of sp³-hybridized carbons (Fsp3) is 0.652. The molecule has 0 spiro atoms. The van der Waals surface area contributed by atoms with Gasteiger partial charge in [-0.25, -0.2) is 4.79 Å². The number of hydrogen-bond acceptors (Lipinski definition) is 2. The number of amides is 3. The van der Waals surface area contributed by atoms with Gasteiger partial charge in [0.05, 0.1) is 0 Å². The van der Waals surface area contributed by atoms with E-state index in [1.165, 1.54) is 19.3 Å². The third kappa shape index (κ3) is 3.80. The second-order valence-corrected chi connectivity index (χ2v) is 10.7. The largest absolute Gasteiger partial charge is 0.350 e. The van der Waals surface area contributed by atoms with Gasteiger partial charge < -0.3 is 15.5 Å². The first-order valence-corrected chi connectivity index (χ1v) is 12.0. The molecule has 3 amide bonds. The van der Waals surface area contributed by atoms with Crippen LogP contribution in [-0.4, -0.2) is 35.0 Å². The maximum atomic E-state index is 12.9. The van der Waals surface area contributed by atoms with Gasteiger partial charge in [0.1, 0.15) is 0 Å². The van der Waals surface area contributed by atoms with Crippen molar-refractivity contribution in [3.05, 3.63) is 33.8 Å². The van der Waals surface area contributed by atoms with E-state index < -0.39 is 0 Å². The molecule has 6 rings (SSSR count). The molecule has 1 saturated heterocycles. The zero-order chi connectivity index (χ0) is 20.9. The van der Waals surface area contributed by atoms with Gasteiger partial charge in [-0.2, -0.15) is 0 Å². The summed E-state index contributed by atoms with van der Waals surface area (Å²) in [5, 5.41) is 7.51. The van der Waals surface area contributed by atoms with Gasteiger partial charge >= 0.3 is 6.03 Å². The molecule has 5 aliphatic rings. The molecule has 5 nitrogen and oxygen atoms in total. The highest BCUT2D eigenvalue weighted by Gasteiger charge is 2.58. The van der Waals surface area contributed by atoms with E-state index in [1.54, 1.807) is 12.1 Å². The molecule has 5 fully saturated rings. The van der Waals surface area contributed by atoms with Gasteiger partial charge in [0.15, 0.2) is 0 Å². The standard InChI is InChI=1S/C23H29Cl2N3O2/c24-18-4-3-16(20(25)9-18)13-26-22(30)28-5-1-2-19(28)10-21(29)27-23-11-14-6-15(12-23)8-17(23)7-14/h3-4,9,14-15,17,19H,1-2,5-8,10-13H2,(H,26,30)(H,27,29). The first-order valence-electron chi connectivity index (χ1n) is 11.2. The van der Waals surface area contributed by atoms with Crippen LogP contribution in [0.2, 0.25) is 10.0 Å². The predicted molar refractivity (Wildman–Crippen MR) is 117 cm³/mol. The number of nitrogens with zero attached hydrogens (tertiary/aromatic N) is 1. The maximum absolute atomic E-state index is 12.9. The van der Waals surface area contributed by atoms with Crippen molar-refractivity contribution in [3.63, 3.8) is 0 Å². The van der Waals surface area contributed by atoms with Crippen LogP contribution in [0.4, 0.5) is 4.79 Å². The fourth-order valence-corrected chi connectivity index (χ4v) is 7.27. The Morgan fingerprint density at radius 1 is 1.13 bits per heavy atom. The molecule has 2 N–H and O–H groups in total. The molecule has 3 unspecified atom stereocenters. The summed E-state index contributed by atoms with van der Waals surface area (Å²) in [5.74, 6) is 2.43. The van der Waals surface area contributed by atoms with Crippen LogP contribution in [0.5, 0.6) is 0 Å². The Balaban J connectivity index is 1.16. The fourth-order valence-electron chi connectivity index (χ4n) is 6.80. The molecule has 1 heterocycles. The summed E-state index contributed by atoms with van der Waals surface area (Å²) in [6.45, 7) is 1.04. The highest BCUT2D eigenvalue weighted by Crippen LogP contribution is 2.60. The van der Waals surface area contributed by atoms with Crippen molar-refractivity contribution in [1.29, 1.82) is 0 Å². The van der Waals surface area contributed by atoms with Crippen LogP contribution in [-0.2, 0) is 11.3 Å². The topological polar surface area (TPSA) is 61.4 Å². The van der Waals surface area contributed by atoms with Crippen molar-refractivity contribution in [1.82, 2.24) is 15.5 Å². The van der Waals surface area contributed by atoms with Crippen molar-refractivity contribution in [2.45, 2.75) is 69.5 Å². The predicted octanol–water partition coefficient (Wildman–Crippen LogP) is 4.75. The SMILES string of the molecule is O=C(CC1CCCN1C(=O)NCc1ccc(Cl)cc1Cl)NC12CC3CC(CC1C3)C2. The molecule has 3 atom stereocenters. The van der Waals surface area contributed by atoms with E-state index in [0.717, 1.165) is 43.1 Å². The Morgan fingerprint density at radius 3 is 2.63 bits per heavy atom. The van der Waals surface area contributed by atoms with Crippen LogP contribution in [0.3, 0.4) is 0 Å². The molecular weight excluding hydrogens is 421 g/mol. The summed E-state index contributed by atoms with van der Waals surface area (Å²) < 4.78 is 0. The first kappa shape index (κ1) is 20.4. The van der Waals surface area contributed by atoms with Gasteiger partial charge in [-0.05, 0) is 80.4 Å². The summed E-state index contributed by atoms with van der Waals surface area (Å²) in [6.07, 6.45) is 8.49. The van der Waals surface area contributed by atoms with Crippen LogP contribution in [0.15, 0.2) is 18.2 Å². The van der Waals surface area contributed by atoms with Crippen LogP contribution in [0, 0.1) is 17.8 Å². The van der Waals surface area contributed by atoms with Crippen molar-refractivity contribution in [3.8, 4) is 0 Å². The monoisotopic (exact) mass is 449 g/mol. The van der Waals surface area contributed by atoms with Gasteiger partial charge in [0.25, 0.3) is 0 Å². The van der Waals surface area contributed by atoms with Crippen LogP contribution < -0.4 is 10.6 Å². The van der Waals surface area contributed by atoms with Gasteiger partial charge in [-0.3, -0.25) is 4.79 Å². The Hall–Kier alpha value is -1.46. The molecule has 162 valence electrons. The number of carbonyl (C=O) groups excluding carboxylic acids is 2. The van der Waals surface area contributed by atoms with Gasteiger partial charge in [0, 0.05) is 41.1 Å². The Kier molecular flexibility index (Phi) is 5.39. The minimum absolute atomic E-state index is 0.0297. The maximum Gasteiger partial charge on any atom is 0.317 e. The molecule has 4 saturated carbocycles. The quantitative estimate of drug-likeness (QED) is 0.680. The molecule has 7 heteroatoms. The van der Waals surface area contributed by atoms with Crippen LogP contribution in [0.25, 0.3) is 0 Å². The number of likely N-dealkylation sites (tertiary alicyclic amines) is 1. The molecule has 30 heavy (non-hydrogen) atoms. The summed E-state index contributed by atoms with van der Waals surface area (Å²) in [4.78, 5) is 27.5. The van der Waals surface area contributed by atoms with Crippen LogP contribution >= 0.6 is 23.2 Å². The lowest BCUT2D eigenvalue weighted by Gasteiger charge is -2.34. The first-order chi connectivity index (χ1) is 14.4. The van der Waals surface area contributed by atoms with E-state index in [-0.39, 0.29) is 23.5 Å². The van der Waals surface area contributed by atoms with E-state index in [4.69, 9.17) is 23.2 Å². The molecule has 1 aliphatic heterocycles. The molecule has 0 aromatic heterocycles. The Morgan fingerprint density at radius 2 is 1.90 bits per heavy atom. The number of carbonyl (C=O) groups is 2. The number of hydrogen-bond donors (Lipinski definition) is 2. The molecular formula is C23H29Cl2N3O2. The summed E-state index contributed by atoms with van der Waals surface area (Å²) in [7, 11) is 0. The van der Waals surface area contributed by atoms with Gasteiger partial charge in [0.2, 0.25) is 5.91 Å². The molecule has 0 radical (unpaired) electrons. The molecule has 1 aromatic rings. The van der Waals surface area contributed by atoms with Crippen molar-refractivity contribution >= 4 is 35.1 Å². The zero-order valence-corrected chi connectivity index (χ0v) is 18.6. The van der Waals surface area contributed by atoms with Crippen molar-refractivity contribution in [2.24, 2.45) is 17.8 Å². The van der Waals surface area contributed by atoms with Gasteiger partial charge in [-0.15, -0.1) is 0 Å². The number of urea groups is 1. The highest BCUT2D eigenvalue weighted by molar-refractivity contribution is 6.35. The lowest BCUT2D eigenvalue weighted by Crippen LogP contribution is -2.51. The smallest absolute Gasteiger partial charge is 0.317 e. The second kappa shape index (κ2) is 7.90. The molecule has 1 aromatic carbocycles. The normalized spacial score (nSPS) is 33.9. The average Bonchev–Trinajstić information content (AvgIpc) is 3.30. The molecule has 4 bridgehead atoms. The third-order valence-electron chi connectivity index (χ3n) is 7.88. The average molecular weight is 450 g/mol. The van der Waals surface area contributed by atoms with Crippen molar-refractivity contribution < 1.29 is 9.59 Å². The minimum Gasteiger partial charge on any atom is -0.350 e. The van der Waals surface area contributed by atoms with E-state index >= 15 is 0 Å².